The maximum Gasteiger partial charge on any atom is 0.314 e. The molecule has 0 atom stereocenters. The van der Waals surface area contributed by atoms with Crippen LogP contribution in [0.15, 0.2) is 0 Å². The predicted molar refractivity (Wildman–Crippen MR) is 54.9 cm³/mol. The molecule has 2 amide bonds. The van der Waals surface area contributed by atoms with Crippen LogP contribution in [0.1, 0.15) is 25.7 Å². The summed E-state index contributed by atoms with van der Waals surface area (Å²) < 4.78 is 0. The van der Waals surface area contributed by atoms with Crippen molar-refractivity contribution < 1.29 is 24.6 Å². The van der Waals surface area contributed by atoms with Crippen LogP contribution in [0.5, 0.6) is 0 Å². The van der Waals surface area contributed by atoms with Crippen molar-refractivity contribution in [1.29, 1.82) is 0 Å². The van der Waals surface area contributed by atoms with Crippen molar-refractivity contribution in [3.8, 4) is 0 Å². The molecule has 0 aromatic heterocycles. The van der Waals surface area contributed by atoms with Crippen molar-refractivity contribution in [2.45, 2.75) is 25.7 Å². The van der Waals surface area contributed by atoms with Crippen molar-refractivity contribution in [2.75, 3.05) is 13.1 Å². The molecular weight excluding hydrogens is 216 g/mol. The molecule has 7 heteroatoms. The van der Waals surface area contributed by atoms with Crippen molar-refractivity contribution in [3.63, 3.8) is 0 Å². The Morgan fingerprint density at radius 2 is 1.38 bits per heavy atom. The fraction of sp³-hybridized carbons (Fsp3) is 0.667. The number of nitrogens with two attached hydrogens (primary N) is 1. The number of primary amides is 1. The quantitative estimate of drug-likeness (QED) is 0.637. The van der Waals surface area contributed by atoms with E-state index in [2.05, 4.69) is 0 Å². The fourth-order valence-corrected chi connectivity index (χ4v) is 1.15. The summed E-state index contributed by atoms with van der Waals surface area (Å²) in [5.41, 5.74) is 4.98. The molecule has 0 radical (unpaired) electrons. The molecule has 16 heavy (non-hydrogen) atoms. The highest BCUT2D eigenvalue weighted by Gasteiger charge is 2.13. The SMILES string of the molecule is NC(=O)N1CCCC1.O=C(O)CCC(=O)O. The van der Waals surface area contributed by atoms with Gasteiger partial charge in [0.1, 0.15) is 0 Å². The van der Waals surface area contributed by atoms with E-state index < -0.39 is 11.9 Å². The molecule has 0 aromatic carbocycles. The molecule has 92 valence electrons. The van der Waals surface area contributed by atoms with Gasteiger partial charge in [-0.2, -0.15) is 0 Å². The lowest BCUT2D eigenvalue weighted by Crippen LogP contribution is -2.32. The van der Waals surface area contributed by atoms with Crippen molar-refractivity contribution in [2.24, 2.45) is 5.73 Å². The molecule has 1 aliphatic rings. The van der Waals surface area contributed by atoms with Gasteiger partial charge in [-0.05, 0) is 12.8 Å². The third-order valence-electron chi connectivity index (χ3n) is 1.97. The third-order valence-corrected chi connectivity index (χ3v) is 1.97. The summed E-state index contributed by atoms with van der Waals surface area (Å²) in [6.07, 6.45) is 1.64. The summed E-state index contributed by atoms with van der Waals surface area (Å²) in [7, 11) is 0. The number of amides is 2. The van der Waals surface area contributed by atoms with Gasteiger partial charge in [0.2, 0.25) is 0 Å². The van der Waals surface area contributed by atoms with Crippen LogP contribution >= 0.6 is 0 Å². The zero-order valence-corrected chi connectivity index (χ0v) is 8.89. The highest BCUT2D eigenvalue weighted by atomic mass is 16.4. The van der Waals surface area contributed by atoms with Crippen LogP contribution < -0.4 is 5.73 Å². The molecule has 0 aromatic rings. The second-order valence-electron chi connectivity index (χ2n) is 3.32. The first-order chi connectivity index (χ1) is 7.43. The monoisotopic (exact) mass is 232 g/mol. The van der Waals surface area contributed by atoms with Gasteiger partial charge in [-0.15, -0.1) is 0 Å². The number of carboxylic acids is 2. The molecule has 0 aliphatic carbocycles. The van der Waals surface area contributed by atoms with Crippen LogP contribution in [0.2, 0.25) is 0 Å². The first kappa shape index (κ1) is 14.2. The predicted octanol–water partition coefficient (Wildman–Crippen LogP) is 0.0967. The molecule has 1 aliphatic heterocycles. The second-order valence-corrected chi connectivity index (χ2v) is 3.32. The molecule has 0 spiro atoms. The third kappa shape index (κ3) is 7.60. The van der Waals surface area contributed by atoms with E-state index in [-0.39, 0.29) is 18.9 Å². The van der Waals surface area contributed by atoms with Gasteiger partial charge in [-0.25, -0.2) is 4.79 Å². The minimum atomic E-state index is -1.08. The Labute approximate surface area is 92.8 Å². The summed E-state index contributed by atoms with van der Waals surface area (Å²) in [5, 5.41) is 15.8. The van der Waals surface area contributed by atoms with Crippen LogP contribution in [0.3, 0.4) is 0 Å². The number of carbonyl (C=O) groups is 3. The highest BCUT2D eigenvalue weighted by molar-refractivity contribution is 5.75. The van der Waals surface area contributed by atoms with Crippen LogP contribution in [-0.4, -0.2) is 46.2 Å². The average Bonchev–Trinajstić information content (AvgIpc) is 2.68. The summed E-state index contributed by atoms with van der Waals surface area (Å²) >= 11 is 0. The Bertz CT molecular complexity index is 247. The van der Waals surface area contributed by atoms with E-state index in [4.69, 9.17) is 15.9 Å². The molecule has 1 fully saturated rings. The van der Waals surface area contributed by atoms with Gasteiger partial charge in [0.15, 0.2) is 0 Å². The Morgan fingerprint density at radius 1 is 1.00 bits per heavy atom. The molecular formula is C9H16N2O5. The normalized spacial score (nSPS) is 13.9. The van der Waals surface area contributed by atoms with Crippen LogP contribution in [0.4, 0.5) is 4.79 Å². The van der Waals surface area contributed by atoms with Gasteiger partial charge in [-0.1, -0.05) is 0 Å². The summed E-state index contributed by atoms with van der Waals surface area (Å²) in [4.78, 5) is 31.3. The van der Waals surface area contributed by atoms with E-state index >= 15 is 0 Å². The van der Waals surface area contributed by atoms with E-state index in [9.17, 15) is 14.4 Å². The van der Waals surface area contributed by atoms with Crippen molar-refractivity contribution >= 4 is 18.0 Å². The van der Waals surface area contributed by atoms with Gasteiger partial charge < -0.3 is 20.8 Å². The van der Waals surface area contributed by atoms with E-state index in [1.165, 1.54) is 0 Å². The maximum absolute atomic E-state index is 10.3. The largest absolute Gasteiger partial charge is 0.481 e. The number of aliphatic carboxylic acids is 2. The molecule has 0 bridgehead atoms. The average molecular weight is 232 g/mol. The minimum Gasteiger partial charge on any atom is -0.481 e. The van der Waals surface area contributed by atoms with Gasteiger partial charge in [0.25, 0.3) is 0 Å². The van der Waals surface area contributed by atoms with E-state index in [1.807, 2.05) is 0 Å². The number of rotatable bonds is 3. The molecule has 1 rings (SSSR count). The molecule has 1 heterocycles. The van der Waals surface area contributed by atoms with E-state index in [0.717, 1.165) is 25.9 Å². The summed E-state index contributed by atoms with van der Waals surface area (Å²) in [5.74, 6) is -2.15. The lowest BCUT2D eigenvalue weighted by Gasteiger charge is -2.09. The maximum atomic E-state index is 10.3. The Hall–Kier alpha value is -1.79. The molecule has 0 unspecified atom stereocenters. The van der Waals surface area contributed by atoms with Gasteiger partial charge in [0.05, 0.1) is 12.8 Å². The minimum absolute atomic E-state index is 0.275. The van der Waals surface area contributed by atoms with Gasteiger partial charge >= 0.3 is 18.0 Å². The molecule has 4 N–H and O–H groups in total. The zero-order chi connectivity index (χ0) is 12.6. The number of likely N-dealkylation sites (tertiary alicyclic amines) is 1. The first-order valence-corrected chi connectivity index (χ1v) is 4.91. The van der Waals surface area contributed by atoms with Gasteiger partial charge in [0, 0.05) is 13.1 Å². The van der Waals surface area contributed by atoms with Gasteiger partial charge in [-0.3, -0.25) is 9.59 Å². The molecule has 0 saturated carbocycles. The lowest BCUT2D eigenvalue weighted by atomic mass is 10.3. The second kappa shape index (κ2) is 7.49. The Balaban J connectivity index is 0.000000281. The number of carbonyl (C=O) groups excluding carboxylic acids is 1. The van der Waals surface area contributed by atoms with Crippen LogP contribution in [0.25, 0.3) is 0 Å². The fourth-order valence-electron chi connectivity index (χ4n) is 1.15. The Morgan fingerprint density at radius 3 is 1.56 bits per heavy atom. The van der Waals surface area contributed by atoms with Crippen molar-refractivity contribution in [3.05, 3.63) is 0 Å². The number of nitrogens with zero attached hydrogens (tertiary/aromatic N) is 1. The number of hydrogen-bond acceptors (Lipinski definition) is 3. The standard InChI is InChI=1S/C5H10N2O.C4H6O4/c6-5(8)7-3-1-2-4-7;5-3(6)1-2-4(7)8/h1-4H2,(H2,6,8);1-2H2,(H,5,6)(H,7,8). The number of carboxylic acid groups (broad SMARTS) is 2. The summed E-state index contributed by atoms with van der Waals surface area (Å²) in [6, 6.07) is -0.275. The van der Waals surface area contributed by atoms with E-state index in [0.29, 0.717) is 0 Å². The van der Waals surface area contributed by atoms with Crippen LogP contribution in [-0.2, 0) is 9.59 Å². The first-order valence-electron chi connectivity index (χ1n) is 4.91. The van der Waals surface area contributed by atoms with E-state index in [1.54, 1.807) is 4.90 Å². The lowest BCUT2D eigenvalue weighted by molar-refractivity contribution is -0.143. The highest BCUT2D eigenvalue weighted by Crippen LogP contribution is 2.05. The van der Waals surface area contributed by atoms with Crippen molar-refractivity contribution in [1.82, 2.24) is 4.90 Å². The zero-order valence-electron chi connectivity index (χ0n) is 8.89. The molecule has 7 nitrogen and oxygen atoms in total. The molecule has 1 saturated heterocycles. The summed E-state index contributed by atoms with van der Waals surface area (Å²) in [6.45, 7) is 1.71. The topological polar surface area (TPSA) is 121 Å². The van der Waals surface area contributed by atoms with Crippen LogP contribution in [0, 0.1) is 0 Å². The number of hydrogen-bond donors (Lipinski definition) is 3. The number of urea groups is 1. The Kier molecular flexibility index (Phi) is 6.66. The smallest absolute Gasteiger partial charge is 0.314 e.